The Kier molecular flexibility index (Phi) is 6.16. The Bertz CT molecular complexity index is 709. The first-order chi connectivity index (χ1) is 10.5. The van der Waals surface area contributed by atoms with Gasteiger partial charge in [0.15, 0.2) is 0 Å². The number of hydrazone groups is 1. The number of nitrogens with one attached hydrogen (secondary N) is 1. The van der Waals surface area contributed by atoms with Crippen LogP contribution in [0.1, 0.15) is 15.9 Å². The van der Waals surface area contributed by atoms with Crippen molar-refractivity contribution in [3.63, 3.8) is 0 Å². The lowest BCUT2D eigenvalue weighted by Crippen LogP contribution is -2.18. The summed E-state index contributed by atoms with van der Waals surface area (Å²) in [5, 5.41) is 3.97. The molecule has 1 N–H and O–H groups in total. The first-order valence-corrected chi connectivity index (χ1v) is 8.51. The van der Waals surface area contributed by atoms with E-state index in [9.17, 15) is 4.79 Å². The number of amides is 1. The standard InChI is InChI=1S/C15H11Br3N2O2/c1-22-14-12(17)6-9(7-13(14)18)8-19-20-15(21)10-4-2-3-5-11(10)16/h2-8H,1H3,(H,20,21)/b19-8-. The number of benzene rings is 2. The number of hydrogen-bond acceptors (Lipinski definition) is 3. The molecule has 0 aliphatic carbocycles. The van der Waals surface area contributed by atoms with Gasteiger partial charge in [0, 0.05) is 4.47 Å². The van der Waals surface area contributed by atoms with Crippen LogP contribution in [-0.2, 0) is 0 Å². The van der Waals surface area contributed by atoms with E-state index in [4.69, 9.17) is 4.74 Å². The molecule has 0 fully saturated rings. The molecule has 114 valence electrons. The van der Waals surface area contributed by atoms with E-state index in [-0.39, 0.29) is 5.91 Å². The summed E-state index contributed by atoms with van der Waals surface area (Å²) in [6.07, 6.45) is 1.56. The van der Waals surface area contributed by atoms with Gasteiger partial charge in [0.2, 0.25) is 0 Å². The third-order valence-corrected chi connectivity index (χ3v) is 4.59. The van der Waals surface area contributed by atoms with Crippen LogP contribution in [0.3, 0.4) is 0 Å². The minimum atomic E-state index is -0.282. The van der Waals surface area contributed by atoms with Crippen molar-refractivity contribution in [3.05, 3.63) is 60.9 Å². The number of rotatable bonds is 4. The Hall–Kier alpha value is -1.18. The lowest BCUT2D eigenvalue weighted by atomic mass is 10.2. The van der Waals surface area contributed by atoms with Crippen LogP contribution < -0.4 is 10.2 Å². The minimum absolute atomic E-state index is 0.282. The van der Waals surface area contributed by atoms with Gasteiger partial charge in [0.1, 0.15) is 5.75 Å². The van der Waals surface area contributed by atoms with Crippen LogP contribution >= 0.6 is 47.8 Å². The number of nitrogens with zero attached hydrogens (tertiary/aromatic N) is 1. The Morgan fingerprint density at radius 3 is 2.36 bits per heavy atom. The fraction of sp³-hybridized carbons (Fsp3) is 0.0667. The number of hydrogen-bond donors (Lipinski definition) is 1. The fourth-order valence-electron chi connectivity index (χ4n) is 1.72. The molecule has 4 nitrogen and oxygen atoms in total. The van der Waals surface area contributed by atoms with Crippen molar-refractivity contribution in [1.29, 1.82) is 0 Å². The van der Waals surface area contributed by atoms with Crippen LogP contribution in [0, 0.1) is 0 Å². The van der Waals surface area contributed by atoms with Crippen LogP contribution in [-0.4, -0.2) is 19.2 Å². The van der Waals surface area contributed by atoms with Gasteiger partial charge < -0.3 is 4.74 Å². The van der Waals surface area contributed by atoms with Crippen molar-refractivity contribution in [2.45, 2.75) is 0 Å². The van der Waals surface area contributed by atoms with Crippen molar-refractivity contribution in [3.8, 4) is 5.75 Å². The molecule has 0 bridgehead atoms. The van der Waals surface area contributed by atoms with E-state index < -0.39 is 0 Å². The maximum atomic E-state index is 12.0. The predicted octanol–water partition coefficient (Wildman–Crippen LogP) is 4.75. The highest BCUT2D eigenvalue weighted by Crippen LogP contribution is 2.33. The summed E-state index contributed by atoms with van der Waals surface area (Å²) in [5.41, 5.74) is 3.83. The average molecular weight is 491 g/mol. The maximum absolute atomic E-state index is 12.0. The number of methoxy groups -OCH3 is 1. The molecule has 0 aliphatic rings. The molecule has 1 amide bonds. The Labute approximate surface area is 153 Å². The van der Waals surface area contributed by atoms with E-state index in [1.165, 1.54) is 0 Å². The number of halogens is 3. The summed E-state index contributed by atoms with van der Waals surface area (Å²) in [5.74, 6) is 0.421. The van der Waals surface area contributed by atoms with Gasteiger partial charge in [-0.1, -0.05) is 12.1 Å². The molecular formula is C15H11Br3N2O2. The summed E-state index contributed by atoms with van der Waals surface area (Å²) in [6, 6.07) is 10.8. The van der Waals surface area contributed by atoms with Gasteiger partial charge in [-0.2, -0.15) is 5.10 Å². The monoisotopic (exact) mass is 488 g/mol. The molecule has 7 heteroatoms. The van der Waals surface area contributed by atoms with Gasteiger partial charge in [-0.05, 0) is 77.6 Å². The zero-order valence-corrected chi connectivity index (χ0v) is 16.2. The van der Waals surface area contributed by atoms with E-state index in [0.717, 1.165) is 19.0 Å². The maximum Gasteiger partial charge on any atom is 0.272 e. The molecule has 2 rings (SSSR count). The second-order valence-corrected chi connectivity index (χ2v) is 6.76. The van der Waals surface area contributed by atoms with Gasteiger partial charge >= 0.3 is 0 Å². The van der Waals surface area contributed by atoms with Gasteiger partial charge in [0.05, 0.1) is 27.8 Å². The highest BCUT2D eigenvalue weighted by molar-refractivity contribution is 9.11. The second-order valence-electron chi connectivity index (χ2n) is 4.20. The summed E-state index contributed by atoms with van der Waals surface area (Å²) in [6.45, 7) is 0. The molecule has 0 saturated carbocycles. The molecule has 0 saturated heterocycles. The van der Waals surface area contributed by atoms with E-state index in [1.54, 1.807) is 31.5 Å². The largest absolute Gasteiger partial charge is 0.494 e. The van der Waals surface area contributed by atoms with Crippen LogP contribution in [0.2, 0.25) is 0 Å². The highest BCUT2D eigenvalue weighted by atomic mass is 79.9. The smallest absolute Gasteiger partial charge is 0.272 e. The molecule has 0 aromatic heterocycles. The zero-order valence-electron chi connectivity index (χ0n) is 11.4. The van der Waals surface area contributed by atoms with Gasteiger partial charge in [-0.3, -0.25) is 4.79 Å². The van der Waals surface area contributed by atoms with Crippen LogP contribution in [0.25, 0.3) is 0 Å². The average Bonchev–Trinajstić information content (AvgIpc) is 2.47. The first-order valence-electron chi connectivity index (χ1n) is 6.14. The van der Waals surface area contributed by atoms with Crippen molar-refractivity contribution < 1.29 is 9.53 Å². The van der Waals surface area contributed by atoms with Crippen molar-refractivity contribution in [1.82, 2.24) is 5.43 Å². The van der Waals surface area contributed by atoms with Crippen LogP contribution in [0.4, 0.5) is 0 Å². The minimum Gasteiger partial charge on any atom is -0.494 e. The lowest BCUT2D eigenvalue weighted by Gasteiger charge is -2.07. The Balaban J connectivity index is 2.10. The molecular weight excluding hydrogens is 480 g/mol. The third-order valence-electron chi connectivity index (χ3n) is 2.72. The summed E-state index contributed by atoms with van der Waals surface area (Å²) in [7, 11) is 1.59. The fourth-order valence-corrected chi connectivity index (χ4v) is 3.73. The van der Waals surface area contributed by atoms with Gasteiger partial charge in [0.25, 0.3) is 5.91 Å². The molecule has 0 aliphatic heterocycles. The molecule has 0 heterocycles. The SMILES string of the molecule is COc1c(Br)cc(/C=N\NC(=O)c2ccccc2Br)cc1Br. The second kappa shape index (κ2) is 7.89. The normalized spacial score (nSPS) is 10.7. The van der Waals surface area contributed by atoms with Crippen molar-refractivity contribution >= 4 is 59.9 Å². The van der Waals surface area contributed by atoms with Crippen LogP contribution in [0.5, 0.6) is 5.75 Å². The van der Waals surface area contributed by atoms with Gasteiger partial charge in [-0.25, -0.2) is 5.43 Å². The lowest BCUT2D eigenvalue weighted by molar-refractivity contribution is 0.0954. The first kappa shape index (κ1) is 17.2. The molecule has 2 aromatic carbocycles. The number of carbonyl (C=O) groups is 1. The molecule has 22 heavy (non-hydrogen) atoms. The highest BCUT2D eigenvalue weighted by Gasteiger charge is 2.08. The predicted molar refractivity (Wildman–Crippen MR) is 97.6 cm³/mol. The quantitative estimate of drug-likeness (QED) is 0.497. The molecule has 0 radical (unpaired) electrons. The Morgan fingerprint density at radius 1 is 1.14 bits per heavy atom. The Morgan fingerprint density at radius 2 is 1.77 bits per heavy atom. The van der Waals surface area contributed by atoms with E-state index in [0.29, 0.717) is 11.3 Å². The van der Waals surface area contributed by atoms with Crippen molar-refractivity contribution in [2.75, 3.05) is 7.11 Å². The number of ether oxygens (including phenoxy) is 1. The van der Waals surface area contributed by atoms with E-state index in [1.807, 2.05) is 18.2 Å². The summed E-state index contributed by atoms with van der Waals surface area (Å²) < 4.78 is 7.54. The summed E-state index contributed by atoms with van der Waals surface area (Å²) >= 11 is 10.2. The molecule has 2 aromatic rings. The zero-order chi connectivity index (χ0) is 16.1. The van der Waals surface area contributed by atoms with E-state index >= 15 is 0 Å². The molecule has 0 spiro atoms. The molecule has 0 atom stereocenters. The topological polar surface area (TPSA) is 50.7 Å². The molecule has 0 unspecified atom stereocenters. The van der Waals surface area contributed by atoms with Crippen molar-refractivity contribution in [2.24, 2.45) is 5.10 Å². The number of carbonyl (C=O) groups excluding carboxylic acids is 1. The van der Waals surface area contributed by atoms with E-state index in [2.05, 4.69) is 58.3 Å². The summed E-state index contributed by atoms with van der Waals surface area (Å²) in [4.78, 5) is 12.0. The third kappa shape index (κ3) is 4.18. The van der Waals surface area contributed by atoms with Gasteiger partial charge in [-0.15, -0.1) is 0 Å². The van der Waals surface area contributed by atoms with Crippen LogP contribution in [0.15, 0.2) is 54.9 Å².